The summed E-state index contributed by atoms with van der Waals surface area (Å²) in [5, 5.41) is 1.12. The molecule has 1 aliphatic rings. The van der Waals surface area contributed by atoms with E-state index >= 15 is 0 Å². The third-order valence-corrected chi connectivity index (χ3v) is 4.73. The Bertz CT molecular complexity index is 935. The van der Waals surface area contributed by atoms with Gasteiger partial charge < -0.3 is 4.74 Å². The largest absolute Gasteiger partial charge is 0.457 e. The molecule has 7 nitrogen and oxygen atoms in total. The Morgan fingerprint density at radius 3 is 2.10 bits per heavy atom. The minimum atomic E-state index is -0.730. The van der Waals surface area contributed by atoms with Crippen LogP contribution in [0.1, 0.15) is 38.3 Å². The standard InChI is InChI=1S/C22H22N2O5/c1-14-3-7-16(8-4-14)19(25)13-29-22(28)18-11-20(26)24(12-18)23-21(27)17-9-5-15(2)6-10-17/h3-10,18H,11-13H2,1-2H3,(H,23,27). The summed E-state index contributed by atoms with van der Waals surface area (Å²) < 4.78 is 5.09. The number of amides is 2. The van der Waals surface area contributed by atoms with Crippen molar-refractivity contribution in [1.29, 1.82) is 0 Å². The Labute approximate surface area is 168 Å². The van der Waals surface area contributed by atoms with E-state index in [0.717, 1.165) is 16.1 Å². The highest BCUT2D eigenvalue weighted by Gasteiger charge is 2.36. The molecule has 2 aromatic rings. The summed E-state index contributed by atoms with van der Waals surface area (Å²) in [5.74, 6) is -2.48. The van der Waals surface area contributed by atoms with Gasteiger partial charge in [-0.1, -0.05) is 47.5 Å². The van der Waals surface area contributed by atoms with Crippen LogP contribution in [0.5, 0.6) is 0 Å². The van der Waals surface area contributed by atoms with E-state index in [4.69, 9.17) is 4.74 Å². The van der Waals surface area contributed by atoms with Crippen molar-refractivity contribution in [2.45, 2.75) is 20.3 Å². The zero-order chi connectivity index (χ0) is 21.0. The van der Waals surface area contributed by atoms with E-state index in [9.17, 15) is 19.2 Å². The number of Topliss-reactive ketones (excluding diaryl/α,β-unsaturated/α-hetero) is 1. The van der Waals surface area contributed by atoms with Gasteiger partial charge in [-0.05, 0) is 26.0 Å². The SMILES string of the molecule is Cc1ccc(C(=O)COC(=O)C2CC(=O)N(NC(=O)c3ccc(C)cc3)C2)cc1. The second-order valence-corrected chi connectivity index (χ2v) is 7.11. The molecule has 0 aromatic heterocycles. The predicted octanol–water partition coefficient (Wildman–Crippen LogP) is 2.22. The molecule has 1 atom stereocenters. The van der Waals surface area contributed by atoms with Crippen molar-refractivity contribution in [1.82, 2.24) is 10.4 Å². The van der Waals surface area contributed by atoms with Crippen LogP contribution in [0.25, 0.3) is 0 Å². The Balaban J connectivity index is 1.51. The van der Waals surface area contributed by atoms with E-state index in [2.05, 4.69) is 5.43 Å². The van der Waals surface area contributed by atoms with E-state index in [1.54, 1.807) is 48.5 Å². The Kier molecular flexibility index (Phi) is 6.07. The first-order valence-electron chi connectivity index (χ1n) is 9.28. The van der Waals surface area contributed by atoms with Crippen LogP contribution >= 0.6 is 0 Å². The molecular formula is C22H22N2O5. The minimum Gasteiger partial charge on any atom is -0.457 e. The smallest absolute Gasteiger partial charge is 0.311 e. The lowest BCUT2D eigenvalue weighted by Gasteiger charge is -2.17. The van der Waals surface area contributed by atoms with E-state index in [0.29, 0.717) is 11.1 Å². The van der Waals surface area contributed by atoms with Crippen LogP contribution in [0.15, 0.2) is 48.5 Å². The molecule has 1 N–H and O–H groups in total. The molecule has 29 heavy (non-hydrogen) atoms. The molecule has 0 aliphatic carbocycles. The topological polar surface area (TPSA) is 92.8 Å². The zero-order valence-electron chi connectivity index (χ0n) is 16.3. The second-order valence-electron chi connectivity index (χ2n) is 7.11. The average Bonchev–Trinajstić information content (AvgIpc) is 3.07. The van der Waals surface area contributed by atoms with Crippen molar-refractivity contribution in [3.63, 3.8) is 0 Å². The van der Waals surface area contributed by atoms with E-state index in [1.807, 2.05) is 13.8 Å². The molecule has 1 unspecified atom stereocenters. The normalized spacial score (nSPS) is 15.9. The second kappa shape index (κ2) is 8.68. The van der Waals surface area contributed by atoms with E-state index in [-0.39, 0.29) is 31.3 Å². The summed E-state index contributed by atoms with van der Waals surface area (Å²) in [5.41, 5.74) is 5.43. The van der Waals surface area contributed by atoms with Crippen LogP contribution in [-0.2, 0) is 14.3 Å². The number of benzene rings is 2. The van der Waals surface area contributed by atoms with Crippen molar-refractivity contribution >= 4 is 23.6 Å². The fraction of sp³-hybridized carbons (Fsp3) is 0.273. The van der Waals surface area contributed by atoms with Crippen LogP contribution in [-0.4, -0.2) is 41.7 Å². The zero-order valence-corrected chi connectivity index (χ0v) is 16.3. The molecule has 1 fully saturated rings. The van der Waals surface area contributed by atoms with Crippen LogP contribution in [0.3, 0.4) is 0 Å². The third kappa shape index (κ3) is 5.07. The maximum Gasteiger partial charge on any atom is 0.311 e. The van der Waals surface area contributed by atoms with Crippen LogP contribution in [0, 0.1) is 19.8 Å². The van der Waals surface area contributed by atoms with Crippen molar-refractivity contribution in [2.75, 3.05) is 13.2 Å². The summed E-state index contributed by atoms with van der Waals surface area (Å²) in [4.78, 5) is 48.8. The van der Waals surface area contributed by atoms with Gasteiger partial charge >= 0.3 is 5.97 Å². The molecule has 150 valence electrons. The molecule has 1 aliphatic heterocycles. The number of esters is 1. The summed E-state index contributed by atoms with van der Waals surface area (Å²) in [6.45, 7) is 3.44. The van der Waals surface area contributed by atoms with Crippen molar-refractivity contribution in [3.8, 4) is 0 Å². The number of carbonyl (C=O) groups excluding carboxylic acids is 4. The van der Waals surface area contributed by atoms with Crippen LogP contribution in [0.4, 0.5) is 0 Å². The van der Waals surface area contributed by atoms with Gasteiger partial charge in [-0.2, -0.15) is 0 Å². The molecule has 0 bridgehead atoms. The highest BCUT2D eigenvalue weighted by atomic mass is 16.5. The highest BCUT2D eigenvalue weighted by molar-refractivity contribution is 5.99. The molecule has 0 radical (unpaired) electrons. The summed E-state index contributed by atoms with van der Waals surface area (Å²) in [6.07, 6.45) is -0.0776. The number of hydrazine groups is 1. The van der Waals surface area contributed by atoms with E-state index in [1.165, 1.54) is 0 Å². The average molecular weight is 394 g/mol. The number of rotatable bonds is 6. The van der Waals surface area contributed by atoms with Gasteiger partial charge in [-0.3, -0.25) is 29.6 Å². The number of carbonyl (C=O) groups is 4. The first-order valence-corrected chi connectivity index (χ1v) is 9.28. The number of nitrogens with one attached hydrogen (secondary N) is 1. The lowest BCUT2D eigenvalue weighted by atomic mass is 10.1. The first kappa shape index (κ1) is 20.3. The summed E-state index contributed by atoms with van der Waals surface area (Å²) >= 11 is 0. The molecule has 7 heteroatoms. The number of hydrogen-bond donors (Lipinski definition) is 1. The number of ether oxygens (including phenoxy) is 1. The fourth-order valence-electron chi connectivity index (χ4n) is 2.94. The quantitative estimate of drug-likeness (QED) is 0.599. The maximum atomic E-state index is 12.3. The van der Waals surface area contributed by atoms with Crippen molar-refractivity contribution < 1.29 is 23.9 Å². The van der Waals surface area contributed by atoms with Gasteiger partial charge in [0.05, 0.1) is 12.5 Å². The predicted molar refractivity (Wildman–Crippen MR) is 105 cm³/mol. The molecule has 3 rings (SSSR count). The van der Waals surface area contributed by atoms with Gasteiger partial charge in [0, 0.05) is 17.5 Å². The highest BCUT2D eigenvalue weighted by Crippen LogP contribution is 2.18. The molecule has 0 saturated carbocycles. The van der Waals surface area contributed by atoms with Gasteiger partial charge in [0.2, 0.25) is 5.91 Å². The number of hydrogen-bond acceptors (Lipinski definition) is 5. The van der Waals surface area contributed by atoms with Crippen molar-refractivity contribution in [2.24, 2.45) is 5.92 Å². The summed E-state index contributed by atoms with van der Waals surface area (Å²) in [6, 6.07) is 13.9. The molecule has 2 amide bonds. The van der Waals surface area contributed by atoms with Crippen molar-refractivity contribution in [3.05, 3.63) is 70.8 Å². The Morgan fingerprint density at radius 1 is 0.966 bits per heavy atom. The lowest BCUT2D eigenvalue weighted by molar-refractivity contribution is -0.147. The fourth-order valence-corrected chi connectivity index (χ4v) is 2.94. The van der Waals surface area contributed by atoms with E-state index < -0.39 is 17.8 Å². The van der Waals surface area contributed by atoms with Gasteiger partial charge in [-0.25, -0.2) is 0 Å². The number of ketones is 1. The third-order valence-electron chi connectivity index (χ3n) is 4.73. The van der Waals surface area contributed by atoms with Crippen LogP contribution < -0.4 is 5.43 Å². The molecule has 2 aromatic carbocycles. The molecular weight excluding hydrogens is 372 g/mol. The Hall–Kier alpha value is -3.48. The van der Waals surface area contributed by atoms with Crippen LogP contribution in [0.2, 0.25) is 0 Å². The maximum absolute atomic E-state index is 12.3. The first-order chi connectivity index (χ1) is 13.8. The molecule has 1 heterocycles. The summed E-state index contributed by atoms with van der Waals surface area (Å²) in [7, 11) is 0. The number of aryl methyl sites for hydroxylation is 2. The van der Waals surface area contributed by atoms with Gasteiger partial charge in [0.1, 0.15) is 0 Å². The Morgan fingerprint density at radius 2 is 1.52 bits per heavy atom. The van der Waals surface area contributed by atoms with Gasteiger partial charge in [0.25, 0.3) is 5.91 Å². The van der Waals surface area contributed by atoms with Gasteiger partial charge in [-0.15, -0.1) is 0 Å². The lowest BCUT2D eigenvalue weighted by Crippen LogP contribution is -2.43. The molecule has 0 spiro atoms. The number of nitrogens with zero attached hydrogens (tertiary/aromatic N) is 1. The monoisotopic (exact) mass is 394 g/mol. The minimum absolute atomic E-state index is 0.00793. The molecule has 1 saturated heterocycles. The van der Waals surface area contributed by atoms with Gasteiger partial charge in [0.15, 0.2) is 12.4 Å².